The molecule has 20 heavy (non-hydrogen) atoms. The van der Waals surface area contributed by atoms with Crippen LogP contribution in [-0.4, -0.2) is 13.0 Å². The van der Waals surface area contributed by atoms with Crippen LogP contribution in [-0.2, 0) is 0 Å². The van der Waals surface area contributed by atoms with Gasteiger partial charge in [-0.2, -0.15) is 0 Å². The number of para-hydroxylation sites is 1. The Bertz CT molecular complexity index is 613. The fourth-order valence-corrected chi connectivity index (χ4v) is 2.65. The number of hydrogen-bond acceptors (Lipinski definition) is 2. The Morgan fingerprint density at radius 3 is 2.50 bits per heavy atom. The van der Waals surface area contributed by atoms with Crippen LogP contribution in [0.4, 0.5) is 0 Å². The summed E-state index contributed by atoms with van der Waals surface area (Å²) in [6.45, 7) is 1.95. The quantitative estimate of drug-likeness (QED) is 0.819. The van der Waals surface area contributed by atoms with Gasteiger partial charge in [0.1, 0.15) is 5.75 Å². The Morgan fingerprint density at radius 2 is 1.80 bits per heavy atom. The lowest BCUT2D eigenvalue weighted by Gasteiger charge is -2.17. The lowest BCUT2D eigenvalue weighted by atomic mass is 10.1. The number of benzene rings is 2. The van der Waals surface area contributed by atoms with Crippen LogP contribution in [0.5, 0.6) is 5.75 Å². The minimum absolute atomic E-state index is 0.0755. The Morgan fingerprint density at radius 1 is 1.15 bits per heavy atom. The summed E-state index contributed by atoms with van der Waals surface area (Å²) in [6, 6.07) is 15.1. The lowest BCUT2D eigenvalue weighted by molar-refractivity contribution is 0.0938. The molecule has 2 aromatic carbocycles. The Kier molecular flexibility index (Phi) is 5.00. The molecule has 1 N–H and O–H groups in total. The van der Waals surface area contributed by atoms with E-state index in [-0.39, 0.29) is 11.9 Å². The number of carbonyl (C=O) groups is 1. The van der Waals surface area contributed by atoms with E-state index in [1.165, 1.54) is 0 Å². The minimum atomic E-state index is -0.116. The van der Waals surface area contributed by atoms with Crippen LogP contribution in [0.1, 0.15) is 28.9 Å². The van der Waals surface area contributed by atoms with Gasteiger partial charge in [-0.1, -0.05) is 30.3 Å². The first-order chi connectivity index (χ1) is 9.63. The number of amides is 1. The molecule has 0 fully saturated rings. The van der Waals surface area contributed by atoms with Gasteiger partial charge in [-0.3, -0.25) is 4.79 Å². The molecular formula is C16H16INO2. The third-order valence-electron chi connectivity index (χ3n) is 3.07. The first kappa shape index (κ1) is 14.8. The molecule has 3 nitrogen and oxygen atoms in total. The highest BCUT2D eigenvalue weighted by molar-refractivity contribution is 14.1. The van der Waals surface area contributed by atoms with E-state index < -0.39 is 0 Å². The van der Waals surface area contributed by atoms with Gasteiger partial charge in [0.25, 0.3) is 5.91 Å². The third-order valence-corrected chi connectivity index (χ3v) is 4.01. The second-order valence-corrected chi connectivity index (χ2v) is 5.58. The van der Waals surface area contributed by atoms with Crippen molar-refractivity contribution in [2.24, 2.45) is 0 Å². The first-order valence-electron chi connectivity index (χ1n) is 6.31. The van der Waals surface area contributed by atoms with Gasteiger partial charge in [0.15, 0.2) is 0 Å². The lowest BCUT2D eigenvalue weighted by Crippen LogP contribution is -2.27. The second kappa shape index (κ2) is 6.74. The summed E-state index contributed by atoms with van der Waals surface area (Å²) in [5.74, 6) is 0.705. The smallest absolute Gasteiger partial charge is 0.252 e. The molecule has 0 aliphatic carbocycles. The number of ether oxygens (including phenoxy) is 1. The van der Waals surface area contributed by atoms with Crippen molar-refractivity contribution in [2.75, 3.05) is 7.11 Å². The molecule has 0 saturated carbocycles. The van der Waals surface area contributed by atoms with Gasteiger partial charge in [0.2, 0.25) is 0 Å². The molecule has 0 heterocycles. The molecule has 1 amide bonds. The van der Waals surface area contributed by atoms with Crippen LogP contribution in [0.3, 0.4) is 0 Å². The van der Waals surface area contributed by atoms with E-state index in [0.29, 0.717) is 5.56 Å². The van der Waals surface area contributed by atoms with E-state index in [4.69, 9.17) is 4.74 Å². The topological polar surface area (TPSA) is 38.3 Å². The van der Waals surface area contributed by atoms with Crippen LogP contribution in [0.15, 0.2) is 48.5 Å². The molecule has 2 rings (SSSR count). The van der Waals surface area contributed by atoms with Crippen molar-refractivity contribution in [3.05, 3.63) is 63.2 Å². The summed E-state index contributed by atoms with van der Waals surface area (Å²) in [4.78, 5) is 12.3. The summed E-state index contributed by atoms with van der Waals surface area (Å²) in [5, 5.41) is 3.00. The van der Waals surface area contributed by atoms with Crippen LogP contribution < -0.4 is 10.1 Å². The Hall–Kier alpha value is -1.56. The fourth-order valence-electron chi connectivity index (χ4n) is 2.02. The highest BCUT2D eigenvalue weighted by atomic mass is 127. The molecule has 0 saturated heterocycles. The van der Waals surface area contributed by atoms with E-state index in [1.807, 2.05) is 55.5 Å². The largest absolute Gasteiger partial charge is 0.496 e. The molecule has 0 radical (unpaired) electrons. The van der Waals surface area contributed by atoms with Crippen molar-refractivity contribution in [3.8, 4) is 5.75 Å². The first-order valence-corrected chi connectivity index (χ1v) is 7.39. The second-order valence-electron chi connectivity index (χ2n) is 4.42. The predicted molar refractivity (Wildman–Crippen MR) is 88.0 cm³/mol. The zero-order chi connectivity index (χ0) is 14.5. The van der Waals surface area contributed by atoms with Crippen LogP contribution in [0.2, 0.25) is 0 Å². The van der Waals surface area contributed by atoms with E-state index in [1.54, 1.807) is 7.11 Å². The standard InChI is InChI=1S/C16H16INO2/c1-11(12-7-4-6-10-15(12)20-2)18-16(19)13-8-3-5-9-14(13)17/h3-11H,1-2H3,(H,18,19). The number of carbonyl (C=O) groups excluding carboxylic acids is 1. The molecule has 0 bridgehead atoms. The van der Waals surface area contributed by atoms with Crippen molar-refractivity contribution < 1.29 is 9.53 Å². The van der Waals surface area contributed by atoms with Crippen LogP contribution >= 0.6 is 22.6 Å². The molecule has 1 atom stereocenters. The van der Waals surface area contributed by atoms with Gasteiger partial charge < -0.3 is 10.1 Å². The molecule has 4 heteroatoms. The number of rotatable bonds is 4. The van der Waals surface area contributed by atoms with E-state index in [2.05, 4.69) is 27.9 Å². The van der Waals surface area contributed by atoms with E-state index >= 15 is 0 Å². The Labute approximate surface area is 132 Å². The van der Waals surface area contributed by atoms with E-state index in [9.17, 15) is 4.79 Å². The summed E-state index contributed by atoms with van der Waals surface area (Å²) in [7, 11) is 1.63. The van der Waals surface area contributed by atoms with Crippen molar-refractivity contribution in [1.29, 1.82) is 0 Å². The maximum Gasteiger partial charge on any atom is 0.252 e. The minimum Gasteiger partial charge on any atom is -0.496 e. The number of methoxy groups -OCH3 is 1. The summed E-state index contributed by atoms with van der Waals surface area (Å²) in [6.07, 6.45) is 0. The zero-order valence-corrected chi connectivity index (χ0v) is 13.5. The molecule has 0 aliphatic heterocycles. The molecular weight excluding hydrogens is 365 g/mol. The highest BCUT2D eigenvalue weighted by Gasteiger charge is 2.15. The number of halogens is 1. The average Bonchev–Trinajstić information content (AvgIpc) is 2.47. The van der Waals surface area contributed by atoms with Crippen molar-refractivity contribution in [1.82, 2.24) is 5.32 Å². The molecule has 0 spiro atoms. The van der Waals surface area contributed by atoms with Crippen LogP contribution in [0, 0.1) is 3.57 Å². The monoisotopic (exact) mass is 381 g/mol. The SMILES string of the molecule is COc1ccccc1C(C)NC(=O)c1ccccc1I. The molecule has 104 valence electrons. The van der Waals surface area contributed by atoms with Crippen molar-refractivity contribution in [2.45, 2.75) is 13.0 Å². The third kappa shape index (κ3) is 3.30. The fraction of sp³-hybridized carbons (Fsp3) is 0.188. The number of hydrogen-bond donors (Lipinski definition) is 1. The molecule has 2 aromatic rings. The average molecular weight is 381 g/mol. The number of nitrogens with one attached hydrogen (secondary N) is 1. The van der Waals surface area contributed by atoms with Gasteiger partial charge in [-0.25, -0.2) is 0 Å². The predicted octanol–water partition coefficient (Wildman–Crippen LogP) is 3.79. The summed E-state index contributed by atoms with van der Waals surface area (Å²) >= 11 is 2.17. The normalized spacial score (nSPS) is 11.8. The molecule has 1 unspecified atom stereocenters. The van der Waals surface area contributed by atoms with Gasteiger partial charge in [-0.15, -0.1) is 0 Å². The maximum atomic E-state index is 12.3. The highest BCUT2D eigenvalue weighted by Crippen LogP contribution is 2.24. The van der Waals surface area contributed by atoms with Crippen LogP contribution in [0.25, 0.3) is 0 Å². The zero-order valence-electron chi connectivity index (χ0n) is 11.4. The van der Waals surface area contributed by atoms with Gasteiger partial charge >= 0.3 is 0 Å². The summed E-state index contributed by atoms with van der Waals surface area (Å²) in [5.41, 5.74) is 1.66. The maximum absolute atomic E-state index is 12.3. The molecule has 0 aliphatic rings. The van der Waals surface area contributed by atoms with Crippen molar-refractivity contribution in [3.63, 3.8) is 0 Å². The van der Waals surface area contributed by atoms with Gasteiger partial charge in [0, 0.05) is 9.13 Å². The van der Waals surface area contributed by atoms with Gasteiger partial charge in [0.05, 0.1) is 18.7 Å². The van der Waals surface area contributed by atoms with E-state index in [0.717, 1.165) is 14.9 Å². The molecule has 0 aromatic heterocycles. The van der Waals surface area contributed by atoms with Gasteiger partial charge in [-0.05, 0) is 47.7 Å². The Balaban J connectivity index is 2.18. The summed E-state index contributed by atoms with van der Waals surface area (Å²) < 4.78 is 6.26. The van der Waals surface area contributed by atoms with Crippen molar-refractivity contribution >= 4 is 28.5 Å².